The monoisotopic (exact) mass is 245 g/mol. The smallest absolute Gasteiger partial charge is 0.295 e. The Morgan fingerprint density at radius 2 is 2.17 bits per heavy atom. The van der Waals surface area contributed by atoms with Gasteiger partial charge in [0.2, 0.25) is 0 Å². The molecule has 3 rings (SSSR count). The fraction of sp³-hybridized carbons (Fsp3) is 0.250. The number of hydrogen-bond donors (Lipinski definition) is 1. The molecular formula is C12H11N3O3. The lowest BCUT2D eigenvalue weighted by Crippen LogP contribution is -2.50. The van der Waals surface area contributed by atoms with Crippen molar-refractivity contribution in [2.45, 2.75) is 6.10 Å². The zero-order valence-electron chi connectivity index (χ0n) is 9.48. The van der Waals surface area contributed by atoms with E-state index in [4.69, 9.17) is 0 Å². The molecule has 6 heteroatoms. The molecule has 0 spiro atoms. The molecule has 1 aliphatic heterocycles. The first-order chi connectivity index (χ1) is 8.66. The molecule has 0 unspecified atom stereocenters. The maximum Gasteiger partial charge on any atom is 0.295 e. The van der Waals surface area contributed by atoms with E-state index in [0.29, 0.717) is 18.6 Å². The van der Waals surface area contributed by atoms with E-state index in [1.54, 1.807) is 18.3 Å². The number of β-amino-alcohol motifs (C(OH)–C–C–N with tert-alkyl or cyclic N) is 1. The number of aromatic nitrogens is 1. The molecule has 18 heavy (non-hydrogen) atoms. The van der Waals surface area contributed by atoms with E-state index < -0.39 is 4.92 Å². The number of benzene rings is 1. The number of aliphatic hydroxyl groups is 1. The topological polar surface area (TPSA) is 79.5 Å². The molecule has 1 aliphatic rings. The van der Waals surface area contributed by atoms with Gasteiger partial charge in [0.15, 0.2) is 0 Å². The molecule has 1 saturated heterocycles. The first kappa shape index (κ1) is 10.9. The van der Waals surface area contributed by atoms with Crippen LogP contribution in [-0.2, 0) is 0 Å². The SMILES string of the molecule is O=[N+]([O-])c1ccc(N2CC(O)C2)c2cccnc12. The van der Waals surface area contributed by atoms with Crippen LogP contribution in [0.2, 0.25) is 0 Å². The molecule has 0 saturated carbocycles. The molecule has 1 fully saturated rings. The zero-order valence-corrected chi connectivity index (χ0v) is 9.48. The van der Waals surface area contributed by atoms with Crippen molar-refractivity contribution >= 4 is 22.3 Å². The van der Waals surface area contributed by atoms with Gasteiger partial charge in [-0.05, 0) is 18.2 Å². The van der Waals surface area contributed by atoms with E-state index in [0.717, 1.165) is 11.1 Å². The van der Waals surface area contributed by atoms with Crippen LogP contribution in [0, 0.1) is 10.1 Å². The van der Waals surface area contributed by atoms with Crippen LogP contribution in [0.25, 0.3) is 10.9 Å². The molecule has 92 valence electrons. The Morgan fingerprint density at radius 3 is 2.83 bits per heavy atom. The Labute approximate surface area is 103 Å². The molecule has 2 heterocycles. The number of fused-ring (bicyclic) bond motifs is 1. The summed E-state index contributed by atoms with van der Waals surface area (Å²) in [6.45, 7) is 1.11. The van der Waals surface area contributed by atoms with Gasteiger partial charge in [0.25, 0.3) is 5.69 Å². The van der Waals surface area contributed by atoms with Gasteiger partial charge in [-0.3, -0.25) is 10.1 Å². The van der Waals surface area contributed by atoms with Gasteiger partial charge in [-0.1, -0.05) is 0 Å². The van der Waals surface area contributed by atoms with Crippen LogP contribution in [0.15, 0.2) is 30.5 Å². The second kappa shape index (κ2) is 3.92. The Morgan fingerprint density at radius 1 is 1.39 bits per heavy atom. The molecular weight excluding hydrogens is 234 g/mol. The third-order valence-electron chi connectivity index (χ3n) is 3.13. The zero-order chi connectivity index (χ0) is 12.7. The minimum Gasteiger partial charge on any atom is -0.389 e. The Balaban J connectivity index is 2.17. The average molecular weight is 245 g/mol. The van der Waals surface area contributed by atoms with Gasteiger partial charge in [-0.25, -0.2) is 4.98 Å². The molecule has 1 N–H and O–H groups in total. The van der Waals surface area contributed by atoms with Gasteiger partial charge in [0.1, 0.15) is 5.52 Å². The molecule has 1 aromatic carbocycles. The van der Waals surface area contributed by atoms with Crippen molar-refractivity contribution in [3.05, 3.63) is 40.6 Å². The molecule has 1 aromatic heterocycles. The van der Waals surface area contributed by atoms with Crippen molar-refractivity contribution in [3.63, 3.8) is 0 Å². The predicted molar refractivity (Wildman–Crippen MR) is 66.6 cm³/mol. The second-order valence-corrected chi connectivity index (χ2v) is 4.32. The summed E-state index contributed by atoms with van der Waals surface area (Å²) in [6.07, 6.45) is 1.23. The number of hydrogen-bond acceptors (Lipinski definition) is 5. The third kappa shape index (κ3) is 1.58. The predicted octanol–water partition coefficient (Wildman–Crippen LogP) is 1.32. The van der Waals surface area contributed by atoms with Crippen LogP contribution < -0.4 is 4.90 Å². The van der Waals surface area contributed by atoms with Crippen LogP contribution in [-0.4, -0.2) is 34.2 Å². The lowest BCUT2D eigenvalue weighted by molar-refractivity contribution is -0.383. The number of nitro benzene ring substituents is 1. The molecule has 0 amide bonds. The normalized spacial score (nSPS) is 15.7. The number of pyridine rings is 1. The summed E-state index contributed by atoms with van der Waals surface area (Å²) in [5.41, 5.74) is 1.28. The maximum atomic E-state index is 10.9. The van der Waals surface area contributed by atoms with Gasteiger partial charge < -0.3 is 10.0 Å². The number of anilines is 1. The molecule has 0 radical (unpaired) electrons. The quantitative estimate of drug-likeness (QED) is 0.637. The largest absolute Gasteiger partial charge is 0.389 e. The van der Waals surface area contributed by atoms with Gasteiger partial charge in [-0.2, -0.15) is 0 Å². The Kier molecular flexibility index (Phi) is 2.38. The van der Waals surface area contributed by atoms with Gasteiger partial charge in [0.05, 0.1) is 11.0 Å². The first-order valence-corrected chi connectivity index (χ1v) is 5.62. The number of non-ortho nitro benzene ring substituents is 1. The van der Waals surface area contributed by atoms with Crippen LogP contribution in [0.5, 0.6) is 0 Å². The van der Waals surface area contributed by atoms with E-state index in [2.05, 4.69) is 4.98 Å². The third-order valence-corrected chi connectivity index (χ3v) is 3.13. The summed E-state index contributed by atoms with van der Waals surface area (Å²) in [7, 11) is 0. The van der Waals surface area contributed by atoms with E-state index in [-0.39, 0.29) is 11.8 Å². The number of rotatable bonds is 2. The fourth-order valence-electron chi connectivity index (χ4n) is 2.22. The van der Waals surface area contributed by atoms with Crippen molar-refractivity contribution in [2.75, 3.05) is 18.0 Å². The molecule has 0 bridgehead atoms. The minimum atomic E-state index is -0.427. The van der Waals surface area contributed by atoms with E-state index in [1.807, 2.05) is 11.0 Å². The highest BCUT2D eigenvalue weighted by Gasteiger charge is 2.27. The lowest BCUT2D eigenvalue weighted by atomic mass is 10.1. The van der Waals surface area contributed by atoms with Crippen molar-refractivity contribution < 1.29 is 10.0 Å². The minimum absolute atomic E-state index is 0.00965. The van der Waals surface area contributed by atoms with Crippen molar-refractivity contribution in [1.29, 1.82) is 0 Å². The lowest BCUT2D eigenvalue weighted by Gasteiger charge is -2.38. The summed E-state index contributed by atoms with van der Waals surface area (Å²) >= 11 is 0. The summed E-state index contributed by atoms with van der Waals surface area (Å²) in [5, 5.41) is 21.0. The van der Waals surface area contributed by atoms with Crippen molar-refractivity contribution in [3.8, 4) is 0 Å². The van der Waals surface area contributed by atoms with Gasteiger partial charge in [0, 0.05) is 36.4 Å². The van der Waals surface area contributed by atoms with E-state index in [9.17, 15) is 15.2 Å². The van der Waals surface area contributed by atoms with Gasteiger partial charge in [-0.15, -0.1) is 0 Å². The summed E-state index contributed by atoms with van der Waals surface area (Å²) in [5.74, 6) is 0. The number of aliphatic hydroxyl groups excluding tert-OH is 1. The highest BCUT2D eigenvalue weighted by molar-refractivity contribution is 5.97. The van der Waals surface area contributed by atoms with Crippen molar-refractivity contribution in [2.24, 2.45) is 0 Å². The van der Waals surface area contributed by atoms with Crippen LogP contribution in [0.1, 0.15) is 0 Å². The molecule has 2 aromatic rings. The van der Waals surface area contributed by atoms with Crippen LogP contribution in [0.4, 0.5) is 11.4 Å². The molecule has 0 atom stereocenters. The highest BCUT2D eigenvalue weighted by atomic mass is 16.6. The van der Waals surface area contributed by atoms with Gasteiger partial charge >= 0.3 is 0 Å². The number of nitro groups is 1. The van der Waals surface area contributed by atoms with E-state index in [1.165, 1.54) is 6.07 Å². The van der Waals surface area contributed by atoms with Crippen LogP contribution >= 0.6 is 0 Å². The number of nitrogens with zero attached hydrogens (tertiary/aromatic N) is 3. The van der Waals surface area contributed by atoms with Crippen molar-refractivity contribution in [1.82, 2.24) is 4.98 Å². The maximum absolute atomic E-state index is 10.9. The molecule has 6 nitrogen and oxygen atoms in total. The summed E-state index contributed by atoms with van der Waals surface area (Å²) < 4.78 is 0. The Bertz CT molecular complexity index is 623. The fourth-order valence-corrected chi connectivity index (χ4v) is 2.22. The summed E-state index contributed by atoms with van der Waals surface area (Å²) in [6, 6.07) is 6.75. The molecule has 0 aliphatic carbocycles. The average Bonchev–Trinajstić information content (AvgIpc) is 2.33. The highest BCUT2D eigenvalue weighted by Crippen LogP contribution is 2.33. The Hall–Kier alpha value is -2.21. The second-order valence-electron chi connectivity index (χ2n) is 4.32. The standard InChI is InChI=1S/C12H11N3O3/c16-8-6-14(7-8)10-3-4-11(15(17)18)12-9(10)2-1-5-13-12/h1-5,8,16H,6-7H2. The first-order valence-electron chi connectivity index (χ1n) is 5.62. The van der Waals surface area contributed by atoms with E-state index >= 15 is 0 Å². The summed E-state index contributed by atoms with van der Waals surface area (Å²) in [4.78, 5) is 16.6. The van der Waals surface area contributed by atoms with Crippen LogP contribution in [0.3, 0.4) is 0 Å².